The first-order valence-corrected chi connectivity index (χ1v) is 32.6. The molecule has 4 heteroatoms. The molecular formula is C96H80S4-8. The summed E-state index contributed by atoms with van der Waals surface area (Å²) in [7, 11) is 0. The van der Waals surface area contributed by atoms with E-state index in [2.05, 4.69) is 388 Å². The SMILES string of the molecule is [S-2].[S-2].[S-2].[S-2].c1ccc(-c2ccccc2)cc1.c1ccc(-c2ccccc2)cc1.c1ccc(-c2ccccc2)cc1.c1ccc(-c2ccccc2)cc1.c1ccc(-c2ccccc2)cc1.c1ccc(-c2ccccc2)cc1.c1ccc(-c2ccccc2)cc1.c1ccc(-c2ccccc2)cc1. The van der Waals surface area contributed by atoms with E-state index in [4.69, 9.17) is 0 Å². The second-order valence-corrected chi connectivity index (χ2v) is 21.9. The van der Waals surface area contributed by atoms with Gasteiger partial charge in [-0.05, 0) is 89.0 Å². The predicted octanol–water partition coefficient (Wildman–Crippen LogP) is 26.8. The van der Waals surface area contributed by atoms with Gasteiger partial charge in [0.15, 0.2) is 0 Å². The van der Waals surface area contributed by atoms with Gasteiger partial charge in [-0.2, -0.15) is 0 Å². The monoisotopic (exact) mass is 1360 g/mol. The van der Waals surface area contributed by atoms with Gasteiger partial charge in [0, 0.05) is 0 Å². The van der Waals surface area contributed by atoms with Crippen molar-refractivity contribution in [2.45, 2.75) is 0 Å². The number of benzene rings is 16. The topological polar surface area (TPSA) is 0 Å². The molecule has 0 atom stereocenters. The standard InChI is InChI=1S/8C12H10.4S/c8*1-3-7-11(8-4-1)12-9-5-2-6-10-12;;;;/h8*1-10H;;;;/q;;;;;;;;4*-2. The van der Waals surface area contributed by atoms with E-state index in [0.29, 0.717) is 0 Å². The van der Waals surface area contributed by atoms with Crippen LogP contribution in [0, 0.1) is 0 Å². The van der Waals surface area contributed by atoms with E-state index >= 15 is 0 Å². The van der Waals surface area contributed by atoms with Crippen molar-refractivity contribution in [2.24, 2.45) is 0 Å². The van der Waals surface area contributed by atoms with Crippen molar-refractivity contribution in [3.8, 4) is 89.0 Å². The average molecular weight is 1360 g/mol. The van der Waals surface area contributed by atoms with Crippen LogP contribution in [0.25, 0.3) is 89.0 Å². The lowest BCUT2D eigenvalue weighted by atomic mass is 10.1. The normalized spacial score (nSPS) is 9.28. The minimum Gasteiger partial charge on any atom is -2.00 e. The summed E-state index contributed by atoms with van der Waals surface area (Å²) in [5.74, 6) is 0. The maximum Gasteiger partial charge on any atom is -0.0184 e. The maximum absolute atomic E-state index is 2.12. The van der Waals surface area contributed by atoms with Crippen molar-refractivity contribution < 1.29 is 0 Å². The number of hydrogen-bond acceptors (Lipinski definition) is 0. The van der Waals surface area contributed by atoms with E-state index in [-0.39, 0.29) is 54.0 Å². The first kappa shape index (κ1) is 79.6. The molecule has 0 bridgehead atoms. The Morgan fingerprint density at radius 2 is 0.100 bits per heavy atom. The Kier molecular flexibility index (Phi) is 38.7. The molecule has 0 saturated carbocycles. The van der Waals surface area contributed by atoms with Crippen LogP contribution in [0.5, 0.6) is 0 Å². The van der Waals surface area contributed by atoms with Gasteiger partial charge < -0.3 is 54.0 Å². The van der Waals surface area contributed by atoms with Crippen LogP contribution in [0.1, 0.15) is 0 Å². The quantitative estimate of drug-likeness (QED) is 0.142. The summed E-state index contributed by atoms with van der Waals surface area (Å²) in [5, 5.41) is 0. The Hall–Kier alpha value is -11.1. The summed E-state index contributed by atoms with van der Waals surface area (Å²) < 4.78 is 0. The molecule has 496 valence electrons. The Bertz CT molecular complexity index is 3300. The third-order valence-electron chi connectivity index (χ3n) is 15.0. The highest BCUT2D eigenvalue weighted by Gasteiger charge is 1.98. The van der Waals surface area contributed by atoms with Crippen molar-refractivity contribution in [1.29, 1.82) is 0 Å². The molecule has 0 N–H and O–H groups in total. The molecule has 0 aliphatic heterocycles. The van der Waals surface area contributed by atoms with Crippen LogP contribution in [0.15, 0.2) is 485 Å². The van der Waals surface area contributed by atoms with Crippen LogP contribution >= 0.6 is 0 Å². The molecule has 0 unspecified atom stereocenters. The van der Waals surface area contributed by atoms with Crippen LogP contribution in [0.2, 0.25) is 0 Å². The molecule has 0 aliphatic rings. The van der Waals surface area contributed by atoms with E-state index in [9.17, 15) is 0 Å². The summed E-state index contributed by atoms with van der Waals surface area (Å²) in [4.78, 5) is 0. The third kappa shape index (κ3) is 28.9. The van der Waals surface area contributed by atoms with E-state index in [1.54, 1.807) is 0 Å². The van der Waals surface area contributed by atoms with Crippen LogP contribution in [-0.2, 0) is 54.0 Å². The summed E-state index contributed by atoms with van der Waals surface area (Å²) in [6.45, 7) is 0. The first-order chi connectivity index (χ1) is 47.7. The molecule has 100 heavy (non-hydrogen) atoms. The summed E-state index contributed by atoms with van der Waals surface area (Å²) in [5.41, 5.74) is 20.4. The highest BCUT2D eigenvalue weighted by Crippen LogP contribution is 2.24. The zero-order valence-corrected chi connectivity index (χ0v) is 59.1. The van der Waals surface area contributed by atoms with E-state index in [0.717, 1.165) is 0 Å². The van der Waals surface area contributed by atoms with Gasteiger partial charge in [0.2, 0.25) is 0 Å². The number of hydrogen-bond donors (Lipinski definition) is 0. The average Bonchev–Trinajstić information content (AvgIpc) is 2.20. The van der Waals surface area contributed by atoms with Crippen molar-refractivity contribution in [3.63, 3.8) is 0 Å². The molecule has 0 amide bonds. The van der Waals surface area contributed by atoms with Gasteiger partial charge in [0.25, 0.3) is 0 Å². The number of rotatable bonds is 8. The fourth-order valence-electron chi connectivity index (χ4n) is 10.1. The van der Waals surface area contributed by atoms with Crippen LogP contribution in [-0.4, -0.2) is 0 Å². The molecule has 0 saturated heterocycles. The maximum atomic E-state index is 2.12. The third-order valence-corrected chi connectivity index (χ3v) is 15.0. The molecule has 0 spiro atoms. The molecule has 16 aromatic carbocycles. The fraction of sp³-hybridized carbons (Fsp3) is 0. The second-order valence-electron chi connectivity index (χ2n) is 21.9. The lowest BCUT2D eigenvalue weighted by molar-refractivity contribution is 1.62. The Labute approximate surface area is 623 Å². The molecule has 0 heterocycles. The zero-order valence-electron chi connectivity index (χ0n) is 55.8. The molecule has 0 fully saturated rings. The van der Waals surface area contributed by atoms with Gasteiger partial charge in [-0.1, -0.05) is 485 Å². The lowest BCUT2D eigenvalue weighted by Gasteiger charge is -2.00. The van der Waals surface area contributed by atoms with E-state index in [1.165, 1.54) is 89.0 Å². The second kappa shape index (κ2) is 48.6. The van der Waals surface area contributed by atoms with Gasteiger partial charge in [-0.15, -0.1) is 0 Å². The molecule has 16 aromatic rings. The van der Waals surface area contributed by atoms with Crippen molar-refractivity contribution in [2.75, 3.05) is 0 Å². The van der Waals surface area contributed by atoms with Crippen molar-refractivity contribution >= 4 is 54.0 Å². The largest absolute Gasteiger partial charge is 2.00 e. The van der Waals surface area contributed by atoms with Crippen LogP contribution < -0.4 is 0 Å². The zero-order chi connectivity index (χ0) is 65.8. The van der Waals surface area contributed by atoms with Crippen molar-refractivity contribution in [3.05, 3.63) is 485 Å². The molecule has 0 aliphatic carbocycles. The minimum absolute atomic E-state index is 0. The van der Waals surface area contributed by atoms with E-state index < -0.39 is 0 Å². The minimum atomic E-state index is 0. The molecule has 16 rings (SSSR count). The van der Waals surface area contributed by atoms with Gasteiger partial charge in [-0.25, -0.2) is 0 Å². The highest BCUT2D eigenvalue weighted by atomic mass is 32.1. The smallest absolute Gasteiger partial charge is 0.0184 e. The Balaban J connectivity index is 0.000000205. The molecular weight excluding hydrogens is 1280 g/mol. The van der Waals surface area contributed by atoms with Gasteiger partial charge >= 0.3 is 0 Å². The fourth-order valence-corrected chi connectivity index (χ4v) is 10.1. The Morgan fingerprint density at radius 1 is 0.0600 bits per heavy atom. The van der Waals surface area contributed by atoms with Crippen LogP contribution in [0.4, 0.5) is 0 Å². The summed E-state index contributed by atoms with van der Waals surface area (Å²) >= 11 is 0. The summed E-state index contributed by atoms with van der Waals surface area (Å²) in [6.07, 6.45) is 0. The van der Waals surface area contributed by atoms with Crippen LogP contribution in [0.3, 0.4) is 0 Å². The molecule has 0 radical (unpaired) electrons. The predicted molar refractivity (Wildman–Crippen MR) is 444 cm³/mol. The van der Waals surface area contributed by atoms with Crippen molar-refractivity contribution in [1.82, 2.24) is 0 Å². The lowest BCUT2D eigenvalue weighted by Crippen LogP contribution is -1.73. The van der Waals surface area contributed by atoms with E-state index in [1.807, 2.05) is 97.1 Å². The van der Waals surface area contributed by atoms with Gasteiger partial charge in [-0.3, -0.25) is 0 Å². The molecule has 0 nitrogen and oxygen atoms in total. The van der Waals surface area contributed by atoms with Gasteiger partial charge in [0.1, 0.15) is 0 Å². The molecule has 0 aromatic heterocycles. The highest BCUT2D eigenvalue weighted by molar-refractivity contribution is 7.37. The first-order valence-electron chi connectivity index (χ1n) is 32.6. The summed E-state index contributed by atoms with van der Waals surface area (Å²) in [6, 6.07) is 166. The van der Waals surface area contributed by atoms with Gasteiger partial charge in [0.05, 0.1) is 0 Å². The Morgan fingerprint density at radius 3 is 0.140 bits per heavy atom.